The van der Waals surface area contributed by atoms with E-state index in [0.717, 1.165) is 0 Å². The first-order valence-corrected chi connectivity index (χ1v) is 6.93. The molecule has 3 aromatic rings. The summed E-state index contributed by atoms with van der Waals surface area (Å²) in [6.45, 7) is 0.676. The third-order valence-electron chi connectivity index (χ3n) is 2.91. The van der Waals surface area contributed by atoms with Crippen LogP contribution in [0.2, 0.25) is 5.15 Å². The summed E-state index contributed by atoms with van der Waals surface area (Å²) < 4.78 is 0. The zero-order chi connectivity index (χ0) is 14.5. The second-order valence-corrected chi connectivity index (χ2v) is 4.84. The van der Waals surface area contributed by atoms with Crippen molar-refractivity contribution < 1.29 is 0 Å². The van der Waals surface area contributed by atoms with Crippen molar-refractivity contribution >= 4 is 17.4 Å². The molecule has 104 valence electrons. The number of hydrogen-bond acceptors (Lipinski definition) is 4. The molecule has 5 heteroatoms. The molecule has 0 saturated heterocycles. The van der Waals surface area contributed by atoms with E-state index in [-0.39, 0.29) is 0 Å². The van der Waals surface area contributed by atoms with Crippen molar-refractivity contribution in [2.75, 3.05) is 5.32 Å². The Balaban J connectivity index is 1.82. The maximum Gasteiger partial charge on any atom is 0.181 e. The topological polar surface area (TPSA) is 50.7 Å². The van der Waals surface area contributed by atoms with E-state index in [2.05, 4.69) is 32.4 Å². The van der Waals surface area contributed by atoms with Crippen LogP contribution >= 0.6 is 11.6 Å². The second-order valence-electron chi connectivity index (χ2n) is 4.45. The van der Waals surface area contributed by atoms with Crippen LogP contribution in [-0.2, 0) is 6.54 Å². The van der Waals surface area contributed by atoms with Crippen molar-refractivity contribution in [1.29, 1.82) is 0 Å². The van der Waals surface area contributed by atoms with E-state index in [4.69, 9.17) is 11.6 Å². The fourth-order valence-corrected chi connectivity index (χ4v) is 2.09. The van der Waals surface area contributed by atoms with Gasteiger partial charge in [0.15, 0.2) is 5.82 Å². The number of nitrogens with one attached hydrogen (secondary N) is 1. The minimum atomic E-state index is 0.390. The first-order valence-electron chi connectivity index (χ1n) is 6.55. The van der Waals surface area contributed by atoms with Crippen molar-refractivity contribution in [2.45, 2.75) is 6.54 Å². The van der Waals surface area contributed by atoms with Crippen LogP contribution in [0.25, 0.3) is 11.5 Å². The summed E-state index contributed by atoms with van der Waals surface area (Å²) in [5.41, 5.74) is 1.87. The van der Waals surface area contributed by atoms with Gasteiger partial charge < -0.3 is 5.32 Å². The summed E-state index contributed by atoms with van der Waals surface area (Å²) in [6.07, 6.45) is 1.71. The Morgan fingerprint density at radius 1 is 0.952 bits per heavy atom. The maximum absolute atomic E-state index is 6.06. The fraction of sp³-hybridized carbons (Fsp3) is 0.0625. The molecule has 0 radical (unpaired) electrons. The zero-order valence-corrected chi connectivity index (χ0v) is 12.0. The molecule has 0 unspecified atom stereocenters. The number of pyridine rings is 1. The van der Waals surface area contributed by atoms with Gasteiger partial charge in [-0.15, -0.1) is 0 Å². The number of benzene rings is 1. The van der Waals surface area contributed by atoms with E-state index in [1.165, 1.54) is 5.56 Å². The highest BCUT2D eigenvalue weighted by atomic mass is 35.5. The van der Waals surface area contributed by atoms with E-state index in [9.17, 15) is 0 Å². The standard InChI is InChI=1S/C16H13ClN4/c17-14-10-15(19-11-12-6-2-1-3-7-12)21-16(20-14)13-8-4-5-9-18-13/h1-10H,11H2,(H,19,20,21). The van der Waals surface area contributed by atoms with Crippen LogP contribution in [0.5, 0.6) is 0 Å². The number of aromatic nitrogens is 3. The minimum Gasteiger partial charge on any atom is -0.366 e. The van der Waals surface area contributed by atoms with Crippen LogP contribution in [0.4, 0.5) is 5.82 Å². The van der Waals surface area contributed by atoms with Crippen LogP contribution < -0.4 is 5.32 Å². The maximum atomic E-state index is 6.06. The molecular weight excluding hydrogens is 284 g/mol. The summed E-state index contributed by atoms with van der Waals surface area (Å²) in [7, 11) is 0. The van der Waals surface area contributed by atoms with E-state index >= 15 is 0 Å². The van der Waals surface area contributed by atoms with E-state index in [1.54, 1.807) is 12.3 Å². The smallest absolute Gasteiger partial charge is 0.181 e. The van der Waals surface area contributed by atoms with Gasteiger partial charge in [-0.3, -0.25) is 4.98 Å². The van der Waals surface area contributed by atoms with Gasteiger partial charge in [0, 0.05) is 18.8 Å². The van der Waals surface area contributed by atoms with Crippen molar-refractivity contribution in [2.24, 2.45) is 0 Å². The molecule has 1 aromatic carbocycles. The van der Waals surface area contributed by atoms with Crippen LogP contribution in [0.3, 0.4) is 0 Å². The van der Waals surface area contributed by atoms with Crippen molar-refractivity contribution in [1.82, 2.24) is 15.0 Å². The van der Waals surface area contributed by atoms with Crippen LogP contribution in [-0.4, -0.2) is 15.0 Å². The Labute approximate surface area is 127 Å². The van der Waals surface area contributed by atoms with Crippen LogP contribution in [0, 0.1) is 0 Å². The molecule has 0 spiro atoms. The number of rotatable bonds is 4. The van der Waals surface area contributed by atoms with Crippen molar-refractivity contribution in [3.05, 3.63) is 71.5 Å². The highest BCUT2D eigenvalue weighted by molar-refractivity contribution is 6.29. The fourth-order valence-electron chi connectivity index (χ4n) is 1.91. The molecule has 1 N–H and O–H groups in total. The highest BCUT2D eigenvalue weighted by Gasteiger charge is 2.06. The van der Waals surface area contributed by atoms with Gasteiger partial charge in [0.05, 0.1) is 0 Å². The number of nitrogens with zero attached hydrogens (tertiary/aromatic N) is 3. The van der Waals surface area contributed by atoms with Crippen LogP contribution in [0.15, 0.2) is 60.8 Å². The zero-order valence-electron chi connectivity index (χ0n) is 11.2. The molecule has 0 aliphatic rings. The van der Waals surface area contributed by atoms with Gasteiger partial charge in [-0.25, -0.2) is 9.97 Å². The summed E-state index contributed by atoms with van der Waals surface area (Å²) in [5, 5.41) is 3.64. The van der Waals surface area contributed by atoms with Crippen LogP contribution in [0.1, 0.15) is 5.56 Å². The van der Waals surface area contributed by atoms with Crippen molar-refractivity contribution in [3.8, 4) is 11.5 Å². The Morgan fingerprint density at radius 3 is 2.52 bits per heavy atom. The predicted molar refractivity (Wildman–Crippen MR) is 84.0 cm³/mol. The molecule has 0 aliphatic heterocycles. The molecule has 3 rings (SSSR count). The van der Waals surface area contributed by atoms with Gasteiger partial charge in [0.25, 0.3) is 0 Å². The number of hydrogen-bond donors (Lipinski definition) is 1. The highest BCUT2D eigenvalue weighted by Crippen LogP contribution is 2.18. The molecule has 2 aromatic heterocycles. The largest absolute Gasteiger partial charge is 0.366 e. The van der Waals surface area contributed by atoms with E-state index in [1.807, 2.05) is 36.4 Å². The Morgan fingerprint density at radius 2 is 1.76 bits per heavy atom. The molecule has 4 nitrogen and oxygen atoms in total. The molecule has 0 fully saturated rings. The minimum absolute atomic E-state index is 0.390. The molecule has 0 saturated carbocycles. The quantitative estimate of drug-likeness (QED) is 0.744. The molecule has 2 heterocycles. The van der Waals surface area contributed by atoms with Gasteiger partial charge in [-0.2, -0.15) is 0 Å². The Hall–Kier alpha value is -2.46. The first kappa shape index (κ1) is 13.5. The summed E-state index contributed by atoms with van der Waals surface area (Å²) in [4.78, 5) is 12.9. The summed E-state index contributed by atoms with van der Waals surface area (Å²) >= 11 is 6.06. The lowest BCUT2D eigenvalue weighted by Gasteiger charge is -2.07. The molecule has 0 atom stereocenters. The van der Waals surface area contributed by atoms with Gasteiger partial charge in [0.2, 0.25) is 0 Å². The summed E-state index contributed by atoms with van der Waals surface area (Å²) in [6, 6.07) is 17.4. The van der Waals surface area contributed by atoms with Gasteiger partial charge in [0.1, 0.15) is 16.7 Å². The lowest BCUT2D eigenvalue weighted by Crippen LogP contribution is -2.03. The number of halogens is 1. The molecule has 0 aliphatic carbocycles. The molecule has 0 bridgehead atoms. The monoisotopic (exact) mass is 296 g/mol. The molecule has 21 heavy (non-hydrogen) atoms. The summed E-state index contributed by atoms with van der Waals surface area (Å²) in [5.74, 6) is 1.19. The second kappa shape index (κ2) is 6.33. The Bertz CT molecular complexity index is 717. The Kier molecular flexibility index (Phi) is 4.07. The SMILES string of the molecule is Clc1cc(NCc2ccccc2)nc(-c2ccccn2)n1. The lowest BCUT2D eigenvalue weighted by atomic mass is 10.2. The van der Waals surface area contributed by atoms with Gasteiger partial charge in [-0.05, 0) is 17.7 Å². The average molecular weight is 297 g/mol. The third kappa shape index (κ3) is 3.55. The molecular formula is C16H13ClN4. The first-order chi connectivity index (χ1) is 10.3. The van der Waals surface area contributed by atoms with E-state index < -0.39 is 0 Å². The van der Waals surface area contributed by atoms with Crippen molar-refractivity contribution in [3.63, 3.8) is 0 Å². The van der Waals surface area contributed by atoms with E-state index in [0.29, 0.717) is 29.0 Å². The average Bonchev–Trinajstić information content (AvgIpc) is 2.54. The molecule has 0 amide bonds. The predicted octanol–water partition coefficient (Wildman–Crippen LogP) is 3.80. The third-order valence-corrected chi connectivity index (χ3v) is 3.10. The number of anilines is 1. The lowest BCUT2D eigenvalue weighted by molar-refractivity contribution is 1.08. The normalized spacial score (nSPS) is 10.3. The van der Waals surface area contributed by atoms with Gasteiger partial charge in [-0.1, -0.05) is 48.0 Å². The van der Waals surface area contributed by atoms with Gasteiger partial charge >= 0.3 is 0 Å².